The lowest BCUT2D eigenvalue weighted by Gasteiger charge is -2.22. The molecule has 1 saturated carbocycles. The molecule has 0 spiro atoms. The number of nitrogens with one attached hydrogen (secondary N) is 2. The molecule has 0 aromatic heterocycles. The average molecular weight is 345 g/mol. The standard InChI is InChI=1S/C16H32N4O2S/c1-3-17-16(18-10-7-11-19-23(21,22)4-2)20-12-14-8-5-6-9-15(14)13-20/h14-15,19H,3-13H2,1-2H3,(H,17,18). The fraction of sp³-hybridized carbons (Fsp3) is 0.938. The zero-order chi connectivity index (χ0) is 16.7. The number of guanidine groups is 1. The van der Waals surface area contributed by atoms with E-state index in [1.54, 1.807) is 6.92 Å². The van der Waals surface area contributed by atoms with Crippen LogP contribution >= 0.6 is 0 Å². The normalized spacial score (nSPS) is 25.5. The van der Waals surface area contributed by atoms with E-state index in [4.69, 9.17) is 4.99 Å². The molecule has 1 aliphatic heterocycles. The smallest absolute Gasteiger partial charge is 0.211 e. The Bertz CT molecular complexity index is 478. The molecule has 2 aliphatic rings. The van der Waals surface area contributed by atoms with Gasteiger partial charge in [0, 0.05) is 32.7 Å². The van der Waals surface area contributed by atoms with Gasteiger partial charge in [-0.1, -0.05) is 12.8 Å². The third-order valence-corrected chi connectivity index (χ3v) is 6.31. The number of sulfonamides is 1. The van der Waals surface area contributed by atoms with E-state index in [1.807, 2.05) is 0 Å². The van der Waals surface area contributed by atoms with Crippen molar-refractivity contribution in [1.82, 2.24) is 14.9 Å². The lowest BCUT2D eigenvalue weighted by molar-refractivity contribution is 0.299. The highest BCUT2D eigenvalue weighted by Gasteiger charge is 2.35. The van der Waals surface area contributed by atoms with Crippen molar-refractivity contribution in [2.45, 2.75) is 46.0 Å². The molecule has 23 heavy (non-hydrogen) atoms. The van der Waals surface area contributed by atoms with Gasteiger partial charge in [-0.05, 0) is 44.9 Å². The predicted molar refractivity (Wildman–Crippen MR) is 95.1 cm³/mol. The molecule has 1 aliphatic carbocycles. The van der Waals surface area contributed by atoms with Gasteiger partial charge in [0.2, 0.25) is 10.0 Å². The Labute approximate surface area is 141 Å². The van der Waals surface area contributed by atoms with E-state index < -0.39 is 10.0 Å². The van der Waals surface area contributed by atoms with Crippen LogP contribution in [0.3, 0.4) is 0 Å². The fourth-order valence-electron chi connectivity index (χ4n) is 3.60. The van der Waals surface area contributed by atoms with Crippen LogP contribution in [0.4, 0.5) is 0 Å². The quantitative estimate of drug-likeness (QED) is 0.416. The minimum Gasteiger partial charge on any atom is -0.357 e. The zero-order valence-electron chi connectivity index (χ0n) is 14.6. The second-order valence-corrected chi connectivity index (χ2v) is 8.69. The highest BCUT2D eigenvalue weighted by atomic mass is 32.2. The molecule has 1 saturated heterocycles. The Hall–Kier alpha value is -0.820. The molecule has 2 unspecified atom stereocenters. The van der Waals surface area contributed by atoms with Crippen molar-refractivity contribution in [3.63, 3.8) is 0 Å². The molecule has 7 heteroatoms. The molecule has 0 amide bonds. The lowest BCUT2D eigenvalue weighted by atomic mass is 9.82. The molecule has 0 bridgehead atoms. The van der Waals surface area contributed by atoms with E-state index in [1.165, 1.54) is 25.7 Å². The molecular formula is C16H32N4O2S. The highest BCUT2D eigenvalue weighted by Crippen LogP contribution is 2.35. The van der Waals surface area contributed by atoms with E-state index >= 15 is 0 Å². The third kappa shape index (κ3) is 5.64. The van der Waals surface area contributed by atoms with Crippen LogP contribution in [0.15, 0.2) is 4.99 Å². The molecule has 0 aromatic carbocycles. The van der Waals surface area contributed by atoms with Crippen molar-refractivity contribution in [2.24, 2.45) is 16.8 Å². The molecule has 2 atom stereocenters. The van der Waals surface area contributed by atoms with E-state index in [9.17, 15) is 8.42 Å². The molecule has 6 nitrogen and oxygen atoms in total. The predicted octanol–water partition coefficient (Wildman–Crippen LogP) is 1.40. The summed E-state index contributed by atoms with van der Waals surface area (Å²) in [5.74, 6) is 2.81. The summed E-state index contributed by atoms with van der Waals surface area (Å²) < 4.78 is 25.4. The number of nitrogens with zero attached hydrogens (tertiary/aromatic N) is 2. The minimum atomic E-state index is -3.09. The van der Waals surface area contributed by atoms with Gasteiger partial charge in [-0.2, -0.15) is 0 Å². The van der Waals surface area contributed by atoms with Gasteiger partial charge in [0.15, 0.2) is 5.96 Å². The van der Waals surface area contributed by atoms with E-state index in [2.05, 4.69) is 21.9 Å². The Morgan fingerprint density at radius 1 is 1.17 bits per heavy atom. The number of rotatable bonds is 7. The molecular weight excluding hydrogens is 312 g/mol. The average Bonchev–Trinajstić information content (AvgIpc) is 2.97. The SMILES string of the molecule is CCNC(=NCCCNS(=O)(=O)CC)N1CC2CCCCC2C1. The van der Waals surface area contributed by atoms with Crippen LogP contribution in [0.25, 0.3) is 0 Å². The molecule has 2 N–H and O–H groups in total. The summed E-state index contributed by atoms with van der Waals surface area (Å²) in [6.07, 6.45) is 6.20. The second-order valence-electron chi connectivity index (χ2n) is 6.60. The topological polar surface area (TPSA) is 73.8 Å². The summed E-state index contributed by atoms with van der Waals surface area (Å²) in [6, 6.07) is 0. The first-order chi connectivity index (χ1) is 11.1. The highest BCUT2D eigenvalue weighted by molar-refractivity contribution is 7.89. The van der Waals surface area contributed by atoms with Crippen molar-refractivity contribution in [3.8, 4) is 0 Å². The van der Waals surface area contributed by atoms with Crippen molar-refractivity contribution in [2.75, 3.05) is 38.5 Å². The maximum atomic E-state index is 11.4. The Morgan fingerprint density at radius 2 is 1.83 bits per heavy atom. The van der Waals surface area contributed by atoms with Gasteiger partial charge in [0.1, 0.15) is 0 Å². The molecule has 0 radical (unpaired) electrons. The lowest BCUT2D eigenvalue weighted by Crippen LogP contribution is -2.40. The number of aliphatic imine (C=N–C) groups is 1. The first-order valence-electron chi connectivity index (χ1n) is 9.06. The maximum absolute atomic E-state index is 11.4. The van der Waals surface area contributed by atoms with Crippen molar-refractivity contribution < 1.29 is 8.42 Å². The van der Waals surface area contributed by atoms with Crippen LogP contribution in [-0.4, -0.2) is 57.8 Å². The van der Waals surface area contributed by atoms with Gasteiger partial charge < -0.3 is 10.2 Å². The molecule has 134 valence electrons. The van der Waals surface area contributed by atoms with E-state index in [-0.39, 0.29) is 5.75 Å². The van der Waals surface area contributed by atoms with Gasteiger partial charge in [-0.15, -0.1) is 0 Å². The van der Waals surface area contributed by atoms with Crippen molar-refractivity contribution >= 4 is 16.0 Å². The Morgan fingerprint density at radius 3 is 2.39 bits per heavy atom. The van der Waals surface area contributed by atoms with Crippen LogP contribution in [0.2, 0.25) is 0 Å². The summed E-state index contributed by atoms with van der Waals surface area (Å²) in [6.45, 7) is 7.97. The van der Waals surface area contributed by atoms with Gasteiger partial charge in [-0.3, -0.25) is 4.99 Å². The van der Waals surface area contributed by atoms with Crippen LogP contribution in [0, 0.1) is 11.8 Å². The Kier molecular flexibility index (Phi) is 7.14. The summed E-state index contributed by atoms with van der Waals surface area (Å²) in [5, 5.41) is 3.39. The monoisotopic (exact) mass is 344 g/mol. The van der Waals surface area contributed by atoms with E-state index in [0.717, 1.165) is 43.9 Å². The first kappa shape index (κ1) is 18.5. The Balaban J connectivity index is 1.81. The van der Waals surface area contributed by atoms with Crippen molar-refractivity contribution in [3.05, 3.63) is 0 Å². The third-order valence-electron chi connectivity index (χ3n) is 4.91. The molecule has 1 heterocycles. The van der Waals surface area contributed by atoms with Gasteiger partial charge in [0.25, 0.3) is 0 Å². The number of hydrogen-bond donors (Lipinski definition) is 2. The number of hydrogen-bond acceptors (Lipinski definition) is 3. The summed E-state index contributed by atoms with van der Waals surface area (Å²) in [5.41, 5.74) is 0. The largest absolute Gasteiger partial charge is 0.357 e. The van der Waals surface area contributed by atoms with Gasteiger partial charge in [-0.25, -0.2) is 13.1 Å². The van der Waals surface area contributed by atoms with Crippen LogP contribution < -0.4 is 10.0 Å². The van der Waals surface area contributed by atoms with Crippen LogP contribution in [-0.2, 0) is 10.0 Å². The maximum Gasteiger partial charge on any atom is 0.211 e. The molecule has 0 aromatic rings. The van der Waals surface area contributed by atoms with Gasteiger partial charge >= 0.3 is 0 Å². The van der Waals surface area contributed by atoms with Crippen molar-refractivity contribution in [1.29, 1.82) is 0 Å². The van der Waals surface area contributed by atoms with E-state index in [0.29, 0.717) is 13.1 Å². The zero-order valence-corrected chi connectivity index (χ0v) is 15.4. The summed E-state index contributed by atoms with van der Waals surface area (Å²) >= 11 is 0. The minimum absolute atomic E-state index is 0.134. The summed E-state index contributed by atoms with van der Waals surface area (Å²) in [7, 11) is -3.09. The van der Waals surface area contributed by atoms with Crippen LogP contribution in [0.1, 0.15) is 46.0 Å². The second kappa shape index (κ2) is 8.87. The fourth-order valence-corrected chi connectivity index (χ4v) is 4.26. The molecule has 2 fully saturated rings. The van der Waals surface area contributed by atoms with Crippen LogP contribution in [0.5, 0.6) is 0 Å². The first-order valence-corrected chi connectivity index (χ1v) is 10.7. The number of fused-ring (bicyclic) bond motifs is 1. The number of likely N-dealkylation sites (tertiary alicyclic amines) is 1. The molecule has 2 rings (SSSR count). The summed E-state index contributed by atoms with van der Waals surface area (Å²) in [4.78, 5) is 7.10. The van der Waals surface area contributed by atoms with Gasteiger partial charge in [0.05, 0.1) is 5.75 Å².